The van der Waals surface area contributed by atoms with E-state index in [0.29, 0.717) is 95.3 Å². The summed E-state index contributed by atoms with van der Waals surface area (Å²) >= 11 is 9.55. The Kier molecular flexibility index (Phi) is 53.0. The molecule has 0 saturated carbocycles. The Labute approximate surface area is 815 Å². The number of rotatable bonds is 47. The Morgan fingerprint density at radius 1 is 0.291 bits per heavy atom. The van der Waals surface area contributed by atoms with Crippen molar-refractivity contribution in [1.29, 1.82) is 0 Å². The van der Waals surface area contributed by atoms with Crippen molar-refractivity contribution in [3.05, 3.63) is 411 Å². The van der Waals surface area contributed by atoms with Gasteiger partial charge in [-0.25, -0.2) is 4.79 Å². The summed E-state index contributed by atoms with van der Waals surface area (Å²) in [5.41, 5.74) is 15.5. The number of ether oxygens (including phenoxy) is 1. The van der Waals surface area contributed by atoms with Gasteiger partial charge in [0.15, 0.2) is 34.7 Å². The number of hydrogen-bond acceptors (Lipinski definition) is 24. The molecule has 18 nitrogen and oxygen atoms in total. The molecule has 0 aliphatic rings. The number of aryl methyl sites for hydroxylation is 1. The highest BCUT2D eigenvalue weighted by Crippen LogP contribution is 2.40. The summed E-state index contributed by atoms with van der Waals surface area (Å²) in [6, 6.07) is 102. The van der Waals surface area contributed by atoms with Crippen molar-refractivity contribution in [3.63, 3.8) is 0 Å². The van der Waals surface area contributed by atoms with E-state index in [1.54, 1.807) is 95.2 Å². The Morgan fingerprint density at radius 2 is 0.507 bits per heavy atom. The lowest BCUT2D eigenvalue weighted by atomic mass is 10.0. The van der Waals surface area contributed by atoms with E-state index < -0.39 is 0 Å². The van der Waals surface area contributed by atoms with Crippen molar-refractivity contribution >= 4 is 123 Å². The van der Waals surface area contributed by atoms with Crippen LogP contribution in [0.1, 0.15) is 194 Å². The predicted molar refractivity (Wildman–Crippen MR) is 557 cm³/mol. The fourth-order valence-corrected chi connectivity index (χ4v) is 19.6. The Morgan fingerprint density at radius 3 is 0.716 bits per heavy atom. The molecule has 706 valence electrons. The van der Waals surface area contributed by atoms with Crippen LogP contribution in [0.25, 0.3) is 0 Å². The SMILES string of the molecule is CCc1ccc(C(CC(=O)c2ccccc2)SCCO)cc1.CN(C)c1ccc(C(CC(=O)c2ccccc2)SCCO)cc1.CNc1ccc(C(CC(=O)c2ccccc2)SCCO)cc1.COC(=O)c1ccc(C(CC(=O)c2ccccc2)SCCO)cc1.O=C(CC(SCCO)c1ccc(CO)cc1)c1ccccc1.O=C(CC(SCCO)c1ccc(O)cc1)c1ccccc1. The summed E-state index contributed by atoms with van der Waals surface area (Å²) in [6.07, 6.45) is 3.46. The van der Waals surface area contributed by atoms with Crippen molar-refractivity contribution < 1.29 is 79.2 Å². The molecule has 0 amide bonds. The number of thioether (sulfide) groups is 6. The summed E-state index contributed by atoms with van der Waals surface area (Å²) in [5, 5.41) is 76.1. The fourth-order valence-electron chi connectivity index (χ4n) is 13.6. The molecule has 0 heterocycles. The van der Waals surface area contributed by atoms with Gasteiger partial charge in [-0.3, -0.25) is 28.8 Å². The summed E-state index contributed by atoms with van der Waals surface area (Å²) in [7, 11) is 7.23. The monoisotopic (exact) mass is 1920 g/mol. The first kappa shape index (κ1) is 110. The normalized spacial score (nSPS) is 12.0. The number of nitrogens with one attached hydrogen (secondary N) is 1. The van der Waals surface area contributed by atoms with Gasteiger partial charge in [0.05, 0.1) is 58.9 Å². The number of hydrogen-bond donors (Lipinski definition) is 9. The number of benzene rings is 12. The van der Waals surface area contributed by atoms with Gasteiger partial charge in [0, 0.05) is 170 Å². The molecule has 0 aromatic heterocycles. The minimum Gasteiger partial charge on any atom is -0.508 e. The first-order valence-electron chi connectivity index (χ1n) is 44.4. The quantitative estimate of drug-likeness (QED) is 0.0126. The van der Waals surface area contributed by atoms with Crippen molar-refractivity contribution in [2.75, 3.05) is 113 Å². The van der Waals surface area contributed by atoms with Crippen molar-refractivity contribution in [2.45, 2.75) is 90.0 Å². The molecule has 12 aromatic carbocycles. The minimum atomic E-state index is -0.388. The molecule has 0 radical (unpaired) electrons. The van der Waals surface area contributed by atoms with E-state index in [2.05, 4.69) is 65.7 Å². The number of aliphatic hydroxyl groups excluding tert-OH is 7. The van der Waals surface area contributed by atoms with Crippen LogP contribution in [0, 0.1) is 0 Å². The zero-order chi connectivity index (χ0) is 96.5. The van der Waals surface area contributed by atoms with Gasteiger partial charge in [0.2, 0.25) is 0 Å². The molecule has 0 bridgehead atoms. The fraction of sp³-hybridized carbons (Fsp3) is 0.282. The van der Waals surface area contributed by atoms with Crippen LogP contribution >= 0.6 is 70.6 Å². The topological polar surface area (TPSA) is 306 Å². The molecule has 24 heteroatoms. The number of Topliss-reactive ketones (excluding diaryl/α,β-unsaturated/α-hetero) is 6. The zero-order valence-corrected chi connectivity index (χ0v) is 81.4. The number of anilines is 2. The second-order valence-corrected chi connectivity index (χ2v) is 38.4. The first-order valence-corrected chi connectivity index (χ1v) is 50.6. The molecule has 9 N–H and O–H groups in total. The molecule has 12 aromatic rings. The zero-order valence-electron chi connectivity index (χ0n) is 76.5. The summed E-state index contributed by atoms with van der Waals surface area (Å²) < 4.78 is 4.69. The molecule has 0 aliphatic carbocycles. The van der Waals surface area contributed by atoms with E-state index >= 15 is 0 Å². The van der Waals surface area contributed by atoms with Gasteiger partial charge >= 0.3 is 5.97 Å². The van der Waals surface area contributed by atoms with Crippen molar-refractivity contribution in [1.82, 2.24) is 0 Å². The third kappa shape index (κ3) is 40.1. The lowest BCUT2D eigenvalue weighted by Crippen LogP contribution is -2.09. The molecular weight excluding hydrogens is 1800 g/mol. The number of phenolic OH excluding ortho intramolecular Hbond substituents is 1. The van der Waals surface area contributed by atoms with Gasteiger partial charge in [0.1, 0.15) is 5.75 Å². The van der Waals surface area contributed by atoms with E-state index in [1.807, 2.05) is 264 Å². The summed E-state index contributed by atoms with van der Waals surface area (Å²) in [6.45, 7) is 2.75. The second-order valence-electron chi connectivity index (χ2n) is 30.5. The van der Waals surface area contributed by atoms with E-state index in [4.69, 9.17) is 40.5 Å². The maximum absolute atomic E-state index is 12.5. The number of carbonyl (C=O) groups excluding carboxylic acids is 7. The number of aliphatic hydroxyl groups is 7. The maximum atomic E-state index is 12.5. The van der Waals surface area contributed by atoms with E-state index in [9.17, 15) is 38.7 Å². The third-order valence-electron chi connectivity index (χ3n) is 20.9. The number of nitrogens with zero attached hydrogens (tertiary/aromatic N) is 1. The largest absolute Gasteiger partial charge is 0.508 e. The second kappa shape index (κ2) is 64.3. The Hall–Kier alpha value is -10.7. The molecule has 6 atom stereocenters. The van der Waals surface area contributed by atoms with Crippen molar-refractivity contribution in [3.8, 4) is 5.75 Å². The number of esters is 1. The molecule has 0 spiro atoms. The van der Waals surface area contributed by atoms with Crippen LogP contribution in [0.5, 0.6) is 5.75 Å². The van der Waals surface area contributed by atoms with Crippen LogP contribution in [-0.2, 0) is 17.8 Å². The standard InChI is InChI=1S/C19H23NO2S.C19H20O4S.C19H22O2S.C18H21NO2S.C18H20O3S.C17H18O3S/c1-20(2)17-10-8-16(9-11-17)19(23-13-12-21)14-18(22)15-6-4-3-5-7-15;1-23-19(22)16-9-7-15(8-10-16)18(24-12-11-20)13-17(21)14-5-3-2-4-6-14;1-2-15-8-10-17(11-9-15)19(22-13-12-20)14-18(21)16-6-4-3-5-7-16;1-19-16-9-7-15(8-10-16)18(22-12-11-20)13-17(21)14-5-3-2-4-6-14;19-10-11-22-18(16-8-6-14(13-20)7-9-16)12-17(21)15-4-2-1-3-5-15;18-10-11-21-17(14-6-8-15(19)9-7-14)12-16(20)13-4-2-1-3-5-13/h3-11,19,21H,12-14H2,1-2H3;2-10,18,20H,11-13H2,1H3;3-11,19-20H,2,12-14H2,1H3;2-10,18-20H,11-13H2,1H3;1-9,18-20H,10-13H2;1-9,17-19H,10-12H2. The van der Waals surface area contributed by atoms with Gasteiger partial charge in [-0.05, 0) is 99.5 Å². The number of carbonyl (C=O) groups is 7. The average Bonchev–Trinajstić information content (AvgIpc) is 0.839. The Bertz CT molecular complexity index is 5060. The van der Waals surface area contributed by atoms with Crippen molar-refractivity contribution in [2.24, 2.45) is 0 Å². The molecular formula is C110H124N2O16S6. The van der Waals surface area contributed by atoms with Crippen LogP contribution in [0.15, 0.2) is 328 Å². The van der Waals surface area contributed by atoms with Gasteiger partial charge in [-0.15, -0.1) is 0 Å². The van der Waals surface area contributed by atoms with Gasteiger partial charge in [0.25, 0.3) is 0 Å². The highest BCUT2D eigenvalue weighted by Gasteiger charge is 2.25. The molecule has 0 aliphatic heterocycles. The Balaban J connectivity index is 0.000000219. The summed E-state index contributed by atoms with van der Waals surface area (Å²) in [5.74, 6) is 4.09. The van der Waals surface area contributed by atoms with E-state index in [-0.39, 0.29) is 124 Å². The molecule has 0 fully saturated rings. The maximum Gasteiger partial charge on any atom is 0.337 e. The highest BCUT2D eigenvalue weighted by atomic mass is 32.2. The van der Waals surface area contributed by atoms with Gasteiger partial charge < -0.3 is 55.8 Å². The average molecular weight is 1920 g/mol. The molecule has 0 saturated heterocycles. The molecule has 6 unspecified atom stereocenters. The number of ketones is 6. The molecule has 12 rings (SSSR count). The molecule has 134 heavy (non-hydrogen) atoms. The van der Waals surface area contributed by atoms with Crippen LogP contribution in [0.3, 0.4) is 0 Å². The van der Waals surface area contributed by atoms with Crippen LogP contribution in [-0.4, -0.2) is 184 Å². The number of methoxy groups -OCH3 is 1. The lowest BCUT2D eigenvalue weighted by molar-refractivity contribution is 0.0599. The van der Waals surface area contributed by atoms with Gasteiger partial charge in [-0.2, -0.15) is 70.6 Å². The minimum absolute atomic E-state index is 0.00704. The van der Waals surface area contributed by atoms with E-state index in [0.717, 1.165) is 73.4 Å². The van der Waals surface area contributed by atoms with Crippen LogP contribution in [0.4, 0.5) is 11.4 Å². The summed E-state index contributed by atoms with van der Waals surface area (Å²) in [4.78, 5) is 88.1. The lowest BCUT2D eigenvalue weighted by Gasteiger charge is -2.18. The smallest absolute Gasteiger partial charge is 0.337 e. The number of aromatic hydroxyl groups is 1. The van der Waals surface area contributed by atoms with Gasteiger partial charge in [-0.1, -0.05) is 286 Å². The number of phenols is 1. The third-order valence-corrected chi connectivity index (χ3v) is 28.4. The first-order chi connectivity index (χ1) is 65.2. The van der Waals surface area contributed by atoms with Crippen LogP contribution in [0.2, 0.25) is 0 Å². The van der Waals surface area contributed by atoms with Crippen LogP contribution < -0.4 is 10.2 Å². The highest BCUT2D eigenvalue weighted by molar-refractivity contribution is 8.00. The predicted octanol–water partition coefficient (Wildman–Crippen LogP) is 22.0. The van der Waals surface area contributed by atoms with E-state index in [1.165, 1.54) is 24.4 Å².